The van der Waals surface area contributed by atoms with Crippen molar-refractivity contribution in [3.63, 3.8) is 0 Å². The number of aromatic carboxylic acids is 1. The van der Waals surface area contributed by atoms with Crippen LogP contribution in [0, 0.1) is 18.3 Å². The molecule has 0 bridgehead atoms. The summed E-state index contributed by atoms with van der Waals surface area (Å²) in [7, 11) is 1.70. The lowest BCUT2D eigenvalue weighted by molar-refractivity contribution is -0.120. The molecule has 3 aromatic rings. The SMILES string of the molecule is COc1ccc(C2CCC(CN(C(=O)CC(C)(C)C)c3nccc4cc(C(=O)O)ccc34)CC2)cc1C. The van der Waals surface area contributed by atoms with E-state index < -0.39 is 5.97 Å². The van der Waals surface area contributed by atoms with Gasteiger partial charge in [0.15, 0.2) is 0 Å². The maximum absolute atomic E-state index is 13.6. The van der Waals surface area contributed by atoms with Gasteiger partial charge in [0, 0.05) is 24.5 Å². The second kappa shape index (κ2) is 10.9. The Kier molecular flexibility index (Phi) is 7.86. The predicted octanol–water partition coefficient (Wildman–Crippen LogP) is 6.99. The van der Waals surface area contributed by atoms with Crippen molar-refractivity contribution in [1.29, 1.82) is 0 Å². The van der Waals surface area contributed by atoms with Gasteiger partial charge in [0.2, 0.25) is 5.91 Å². The van der Waals surface area contributed by atoms with Crippen LogP contribution in [0.5, 0.6) is 5.75 Å². The highest BCUT2D eigenvalue weighted by Crippen LogP contribution is 2.38. The van der Waals surface area contributed by atoms with Gasteiger partial charge in [0.25, 0.3) is 0 Å². The molecule has 4 rings (SSSR count). The average Bonchev–Trinajstić information content (AvgIpc) is 2.86. The van der Waals surface area contributed by atoms with Gasteiger partial charge in [-0.2, -0.15) is 0 Å². The Labute approximate surface area is 219 Å². The Morgan fingerprint density at radius 1 is 1.05 bits per heavy atom. The highest BCUT2D eigenvalue weighted by Gasteiger charge is 2.30. The maximum atomic E-state index is 13.6. The van der Waals surface area contributed by atoms with Gasteiger partial charge in [0.05, 0.1) is 12.7 Å². The van der Waals surface area contributed by atoms with Gasteiger partial charge in [-0.1, -0.05) is 32.9 Å². The number of anilines is 1. The molecule has 0 atom stereocenters. The number of fused-ring (bicyclic) bond motifs is 1. The number of amides is 1. The van der Waals surface area contributed by atoms with E-state index in [0.717, 1.165) is 47.8 Å². The zero-order valence-electron chi connectivity index (χ0n) is 22.6. The van der Waals surface area contributed by atoms with Crippen molar-refractivity contribution in [1.82, 2.24) is 4.98 Å². The number of aromatic nitrogens is 1. The summed E-state index contributed by atoms with van der Waals surface area (Å²) in [5.74, 6) is 1.53. The fourth-order valence-electron chi connectivity index (χ4n) is 5.46. The molecule has 0 radical (unpaired) electrons. The fraction of sp³-hybridized carbons (Fsp3) is 0.452. The molecule has 37 heavy (non-hydrogen) atoms. The molecular weight excluding hydrogens is 464 g/mol. The number of methoxy groups -OCH3 is 1. The standard InChI is InChI=1S/C31H38N2O4/c1-20-16-23(11-13-27(20)37-5)22-8-6-21(7-9-22)19-33(28(34)18-31(2,3)4)29-26-12-10-25(30(35)36)17-24(26)14-15-32-29/h10-17,21-22H,6-9,18-19H2,1-5H3,(H,35,36). The normalized spacial score (nSPS) is 18.0. The van der Waals surface area contributed by atoms with Gasteiger partial charge in [0.1, 0.15) is 11.6 Å². The van der Waals surface area contributed by atoms with Crippen LogP contribution in [-0.4, -0.2) is 35.6 Å². The van der Waals surface area contributed by atoms with Crippen LogP contribution in [0.25, 0.3) is 10.8 Å². The fourth-order valence-corrected chi connectivity index (χ4v) is 5.46. The summed E-state index contributed by atoms with van der Waals surface area (Å²) >= 11 is 0. The maximum Gasteiger partial charge on any atom is 0.335 e. The van der Waals surface area contributed by atoms with Gasteiger partial charge in [-0.15, -0.1) is 0 Å². The number of ether oxygens (including phenoxy) is 1. The number of carboxylic acid groups (broad SMARTS) is 1. The first-order chi connectivity index (χ1) is 17.6. The predicted molar refractivity (Wildman–Crippen MR) is 148 cm³/mol. The van der Waals surface area contributed by atoms with Crippen LogP contribution in [0.1, 0.15) is 80.3 Å². The van der Waals surface area contributed by atoms with E-state index in [1.807, 2.05) is 4.90 Å². The summed E-state index contributed by atoms with van der Waals surface area (Å²) in [4.78, 5) is 31.6. The first-order valence-electron chi connectivity index (χ1n) is 13.1. The van der Waals surface area contributed by atoms with Crippen molar-refractivity contribution in [2.75, 3.05) is 18.6 Å². The Balaban J connectivity index is 1.56. The van der Waals surface area contributed by atoms with Gasteiger partial charge in [-0.25, -0.2) is 9.78 Å². The minimum atomic E-state index is -0.968. The Morgan fingerprint density at radius 3 is 2.41 bits per heavy atom. The molecule has 0 aliphatic heterocycles. The zero-order chi connectivity index (χ0) is 26.7. The number of benzene rings is 2. The molecule has 2 aromatic carbocycles. The zero-order valence-corrected chi connectivity index (χ0v) is 22.6. The van der Waals surface area contributed by atoms with E-state index >= 15 is 0 Å². The van der Waals surface area contributed by atoms with Crippen molar-refractivity contribution in [3.8, 4) is 5.75 Å². The number of aryl methyl sites for hydroxylation is 1. The molecule has 0 saturated heterocycles. The third kappa shape index (κ3) is 6.30. The minimum Gasteiger partial charge on any atom is -0.496 e. The quantitative estimate of drug-likeness (QED) is 0.376. The number of carbonyl (C=O) groups excluding carboxylic acids is 1. The molecule has 1 N–H and O–H groups in total. The first-order valence-corrected chi connectivity index (χ1v) is 13.1. The summed E-state index contributed by atoms with van der Waals surface area (Å²) in [6.07, 6.45) is 6.35. The number of pyridine rings is 1. The van der Waals surface area contributed by atoms with E-state index in [0.29, 0.717) is 30.6 Å². The van der Waals surface area contributed by atoms with Crippen LogP contribution in [0.2, 0.25) is 0 Å². The number of hydrogen-bond donors (Lipinski definition) is 1. The largest absolute Gasteiger partial charge is 0.496 e. The summed E-state index contributed by atoms with van der Waals surface area (Å²) in [6, 6.07) is 13.3. The van der Waals surface area contributed by atoms with Crippen molar-refractivity contribution < 1.29 is 19.4 Å². The monoisotopic (exact) mass is 502 g/mol. The van der Waals surface area contributed by atoms with E-state index in [9.17, 15) is 14.7 Å². The Hall–Kier alpha value is -3.41. The summed E-state index contributed by atoms with van der Waals surface area (Å²) < 4.78 is 5.42. The second-order valence-corrected chi connectivity index (χ2v) is 11.6. The molecule has 1 heterocycles. The van der Waals surface area contributed by atoms with E-state index in [1.54, 1.807) is 37.6 Å². The molecule has 0 spiro atoms. The van der Waals surface area contributed by atoms with Crippen LogP contribution in [0.4, 0.5) is 5.82 Å². The molecule has 6 nitrogen and oxygen atoms in total. The molecular formula is C31H38N2O4. The smallest absolute Gasteiger partial charge is 0.335 e. The van der Waals surface area contributed by atoms with Crippen LogP contribution in [0.15, 0.2) is 48.7 Å². The third-order valence-corrected chi connectivity index (χ3v) is 7.41. The number of carbonyl (C=O) groups is 2. The lowest BCUT2D eigenvalue weighted by atomic mass is 9.78. The van der Waals surface area contributed by atoms with Gasteiger partial charge < -0.3 is 9.84 Å². The van der Waals surface area contributed by atoms with E-state index in [4.69, 9.17) is 4.74 Å². The second-order valence-electron chi connectivity index (χ2n) is 11.6. The first kappa shape index (κ1) is 26.6. The highest BCUT2D eigenvalue weighted by atomic mass is 16.5. The van der Waals surface area contributed by atoms with Crippen LogP contribution in [-0.2, 0) is 4.79 Å². The van der Waals surface area contributed by atoms with Crippen molar-refractivity contribution >= 4 is 28.5 Å². The molecule has 1 fully saturated rings. The topological polar surface area (TPSA) is 79.7 Å². The number of rotatable bonds is 7. The lowest BCUT2D eigenvalue weighted by Crippen LogP contribution is -2.39. The van der Waals surface area contributed by atoms with Gasteiger partial charge in [-0.3, -0.25) is 9.69 Å². The summed E-state index contributed by atoms with van der Waals surface area (Å²) in [6.45, 7) is 8.92. The van der Waals surface area contributed by atoms with Crippen molar-refractivity contribution in [2.45, 2.75) is 65.7 Å². The minimum absolute atomic E-state index is 0.0581. The van der Waals surface area contributed by atoms with Crippen molar-refractivity contribution in [3.05, 3.63) is 65.4 Å². The van der Waals surface area contributed by atoms with Crippen LogP contribution >= 0.6 is 0 Å². The molecule has 1 amide bonds. The highest BCUT2D eigenvalue weighted by molar-refractivity contribution is 6.04. The number of carboxylic acids is 1. The molecule has 196 valence electrons. The molecule has 1 saturated carbocycles. The molecule has 1 aliphatic carbocycles. The average molecular weight is 503 g/mol. The number of nitrogens with zero attached hydrogens (tertiary/aromatic N) is 2. The Bertz CT molecular complexity index is 1290. The van der Waals surface area contributed by atoms with Crippen molar-refractivity contribution in [2.24, 2.45) is 11.3 Å². The molecule has 6 heteroatoms. The molecule has 1 aromatic heterocycles. The molecule has 0 unspecified atom stereocenters. The Morgan fingerprint density at radius 2 is 1.78 bits per heavy atom. The van der Waals surface area contributed by atoms with Crippen LogP contribution in [0.3, 0.4) is 0 Å². The van der Waals surface area contributed by atoms with Gasteiger partial charge >= 0.3 is 5.97 Å². The van der Waals surface area contributed by atoms with E-state index in [-0.39, 0.29) is 16.9 Å². The van der Waals surface area contributed by atoms with E-state index in [2.05, 4.69) is 50.9 Å². The third-order valence-electron chi connectivity index (χ3n) is 7.41. The lowest BCUT2D eigenvalue weighted by Gasteiger charge is -2.34. The van der Waals surface area contributed by atoms with E-state index in [1.165, 1.54) is 5.56 Å². The summed E-state index contributed by atoms with van der Waals surface area (Å²) in [5, 5.41) is 11.0. The van der Waals surface area contributed by atoms with Gasteiger partial charge in [-0.05, 0) is 96.7 Å². The molecule has 1 aliphatic rings. The number of hydrogen-bond acceptors (Lipinski definition) is 4. The summed E-state index contributed by atoms with van der Waals surface area (Å²) in [5.41, 5.74) is 2.60. The van der Waals surface area contributed by atoms with Crippen LogP contribution < -0.4 is 9.64 Å².